The number of fused-ring (bicyclic) bond motifs is 5. The average molecular weight is 1970 g/mol. The fourth-order valence-electron chi connectivity index (χ4n) is 12.9. The van der Waals surface area contributed by atoms with E-state index < -0.39 is 23.8 Å². The van der Waals surface area contributed by atoms with Crippen molar-refractivity contribution in [3.63, 3.8) is 0 Å². The number of hydroxylamine groups is 1. The van der Waals surface area contributed by atoms with Crippen LogP contribution in [0, 0.1) is 0 Å². The van der Waals surface area contributed by atoms with E-state index in [1.54, 1.807) is 104 Å². The Balaban J connectivity index is 0.000000160. The molecule has 0 radical (unpaired) electrons. The Bertz CT molecular complexity index is 6370. The summed E-state index contributed by atoms with van der Waals surface area (Å²) in [6, 6.07) is 56.5. The van der Waals surface area contributed by atoms with Gasteiger partial charge in [0.05, 0.1) is 182 Å². The van der Waals surface area contributed by atoms with Gasteiger partial charge in [-0.3, -0.25) is 47.7 Å². The van der Waals surface area contributed by atoms with Crippen LogP contribution in [0.2, 0.25) is 0 Å². The van der Waals surface area contributed by atoms with Crippen LogP contribution >= 0.6 is 63.7 Å². The van der Waals surface area contributed by atoms with Crippen molar-refractivity contribution in [2.45, 2.75) is 45.7 Å². The number of anilines is 2. The van der Waals surface area contributed by atoms with Crippen LogP contribution in [0.1, 0.15) is 84.5 Å². The summed E-state index contributed by atoms with van der Waals surface area (Å²) in [5, 5.41) is 22.0. The molecule has 6 N–H and O–H groups in total. The van der Waals surface area contributed by atoms with Crippen molar-refractivity contribution in [3.8, 4) is 0 Å². The molecule has 9 aromatic carbocycles. The van der Waals surface area contributed by atoms with Crippen LogP contribution in [-0.4, -0.2) is 189 Å². The van der Waals surface area contributed by atoms with Crippen LogP contribution in [0.3, 0.4) is 0 Å². The number of carbonyl (C=O) groups excluding carboxylic acids is 4. The number of hydrogen-bond donors (Lipinski definition) is 6. The number of alkyl halides is 1. The number of H-pyrrole nitrogens is 2. The first kappa shape index (κ1) is 96.1. The zero-order valence-corrected chi connectivity index (χ0v) is 75.6. The van der Waals surface area contributed by atoms with E-state index in [0.717, 1.165) is 120 Å². The highest BCUT2D eigenvalue weighted by atomic mass is 79.9. The first-order valence-corrected chi connectivity index (χ1v) is 43.4. The summed E-state index contributed by atoms with van der Waals surface area (Å²) in [5.74, 6) is -1.99. The molecule has 35 heteroatoms. The molecule has 31 nitrogen and oxygen atoms in total. The van der Waals surface area contributed by atoms with Gasteiger partial charge in [0.2, 0.25) is 0 Å². The van der Waals surface area contributed by atoms with Gasteiger partial charge in [-0.2, -0.15) is 0 Å². The van der Waals surface area contributed by atoms with Gasteiger partial charge < -0.3 is 58.6 Å². The number of esters is 3. The predicted octanol–water partition coefficient (Wildman–Crippen LogP) is 12.6. The number of aromatic amines is 2. The van der Waals surface area contributed by atoms with Crippen molar-refractivity contribution in [1.29, 1.82) is 0 Å². The summed E-state index contributed by atoms with van der Waals surface area (Å²) in [5.41, 5.74) is 11.2. The van der Waals surface area contributed by atoms with Gasteiger partial charge in [0.1, 0.15) is 0 Å². The molecular formula is C91H92Br4N14O17. The SMILES string of the molecule is BrCc1cccc(Br)c1.C1COCCN1.CCOC(=O)c1ccc2nc[nH]c(=O)c2c1.CCOC(=O)c1ccc2ncn(Cc3cccc(Br)c3)c(=O)c2c1.CCOC(=O)c1ccc2ncn(Cc3cccc(N4CCOCC4)c3)c(=O)c2c1.CO.O=C(NO)c1ccc2ncn(Cc3cccc(N4CCOCC4)c3)c(=O)c2c1.O=c1[nH]cnc2ccc(Br)cc12. The summed E-state index contributed by atoms with van der Waals surface area (Å²) in [6.07, 6.45) is 7.32. The second-order valence-corrected chi connectivity index (χ2v) is 30.8. The minimum atomic E-state index is -0.671. The number of ether oxygens (including phenoxy) is 6. The predicted molar refractivity (Wildman–Crippen MR) is 497 cm³/mol. The quantitative estimate of drug-likeness (QED) is 0.0172. The van der Waals surface area contributed by atoms with E-state index in [0.29, 0.717) is 111 Å². The second kappa shape index (κ2) is 49.5. The molecule has 1 amide bonds. The Labute approximate surface area is 756 Å². The molecule has 17 rings (SSSR count). The van der Waals surface area contributed by atoms with Crippen LogP contribution in [0.25, 0.3) is 54.5 Å². The highest BCUT2D eigenvalue weighted by Gasteiger charge is 2.19. The highest BCUT2D eigenvalue weighted by molar-refractivity contribution is 9.11. The van der Waals surface area contributed by atoms with E-state index >= 15 is 0 Å². The molecule has 0 bridgehead atoms. The lowest BCUT2D eigenvalue weighted by atomic mass is 10.1. The molecule has 0 saturated carbocycles. The summed E-state index contributed by atoms with van der Waals surface area (Å²) in [7, 11) is 1.00. The van der Waals surface area contributed by atoms with Crippen LogP contribution < -0.4 is 48.4 Å². The van der Waals surface area contributed by atoms with Gasteiger partial charge in [-0.15, -0.1) is 0 Å². The van der Waals surface area contributed by atoms with Gasteiger partial charge >= 0.3 is 17.9 Å². The van der Waals surface area contributed by atoms with Crippen molar-refractivity contribution in [3.05, 3.63) is 329 Å². The Morgan fingerprint density at radius 2 is 0.738 bits per heavy atom. The maximum Gasteiger partial charge on any atom is 0.338 e. The van der Waals surface area contributed by atoms with Gasteiger partial charge in [-0.1, -0.05) is 112 Å². The van der Waals surface area contributed by atoms with Gasteiger partial charge in [0.25, 0.3) is 33.7 Å². The molecular weight excluding hydrogens is 1880 g/mol. The van der Waals surface area contributed by atoms with E-state index in [2.05, 4.69) is 150 Å². The Hall–Kier alpha value is -12.2. The monoisotopic (exact) mass is 1970 g/mol. The summed E-state index contributed by atoms with van der Waals surface area (Å²) < 4.78 is 38.3. The molecule has 3 saturated heterocycles. The molecule has 126 heavy (non-hydrogen) atoms. The number of amides is 1. The molecule has 0 aliphatic carbocycles. The lowest BCUT2D eigenvalue weighted by molar-refractivity contribution is 0.0517. The van der Waals surface area contributed by atoms with E-state index in [9.17, 15) is 43.2 Å². The molecule has 0 unspecified atom stereocenters. The Kier molecular flexibility index (Phi) is 37.7. The van der Waals surface area contributed by atoms with Crippen LogP contribution in [0.4, 0.5) is 11.4 Å². The van der Waals surface area contributed by atoms with Gasteiger partial charge in [-0.25, -0.2) is 44.8 Å². The third kappa shape index (κ3) is 27.7. The standard InChI is InChI=1S/C22H23N3O4.C20H20N4O4.C18H15BrN2O3.C11H10N2O3.C8H5BrN2O.C7H6Br2.C4H9NO.CH4O/c1-2-29-22(27)17-6-7-20-19(13-17)21(26)25(15-23-20)14-16-4-3-5-18(12-16)24-8-10-28-11-9-24;25-19(22-27)15-4-5-18-17(11-15)20(26)24(13-21-18)12-14-2-1-3-16(10-14)23-6-8-28-9-7-23;1-2-24-18(23)13-6-7-16-15(9-13)17(22)21(11-20-16)10-12-4-3-5-14(19)8-12;1-2-16-11(15)7-3-4-9-8(5-7)10(14)13-6-12-9;9-5-1-2-7-6(3-5)8(12)11-4-10-7;8-5-6-2-1-3-7(9)4-6;1-3-6-4-2-5-1;1-2/h3-7,12-13,15H,2,8-11,14H2,1H3;1-5,10-11,13,27H,6-9,12H2,(H,22,25);3-9,11H,2,10H2,1H3;3-6H,2H2,1H3,(H,12,13,14);1-4H,(H,10,11,12);1-4H,5H2;5H,1-4H2;2H,1H3. The van der Waals surface area contributed by atoms with E-state index in [-0.39, 0.29) is 46.6 Å². The molecule has 8 heterocycles. The third-order valence-electron chi connectivity index (χ3n) is 19.0. The maximum atomic E-state index is 13.0. The first-order valence-electron chi connectivity index (χ1n) is 39.9. The zero-order valence-electron chi connectivity index (χ0n) is 69.2. The van der Waals surface area contributed by atoms with Crippen molar-refractivity contribution >= 4 is 153 Å². The summed E-state index contributed by atoms with van der Waals surface area (Å²) in [4.78, 5) is 139. The zero-order chi connectivity index (χ0) is 89.9. The topological polar surface area (TPSA) is 391 Å². The van der Waals surface area contributed by atoms with Crippen LogP contribution in [0.15, 0.2) is 257 Å². The third-order valence-corrected chi connectivity index (χ3v) is 21.2. The normalized spacial score (nSPS) is 12.7. The number of benzene rings is 9. The number of aromatic nitrogens is 10. The number of hydrogen-bond acceptors (Lipinski definition) is 25. The maximum absolute atomic E-state index is 13.0. The summed E-state index contributed by atoms with van der Waals surface area (Å²) in [6.45, 7) is 17.4. The molecule has 0 spiro atoms. The van der Waals surface area contributed by atoms with Crippen molar-refractivity contribution < 1.29 is 57.9 Å². The number of morpholine rings is 3. The minimum Gasteiger partial charge on any atom is -0.462 e. The molecule has 3 aliphatic rings. The number of carbonyl (C=O) groups is 4. The smallest absolute Gasteiger partial charge is 0.338 e. The number of halogens is 4. The Morgan fingerprint density at radius 3 is 1.10 bits per heavy atom. The Morgan fingerprint density at radius 1 is 0.405 bits per heavy atom. The number of aliphatic hydroxyl groups excluding tert-OH is 1. The minimum absolute atomic E-state index is 0.110. The highest BCUT2D eigenvalue weighted by Crippen LogP contribution is 2.24. The average Bonchev–Trinajstić information content (AvgIpc) is 0.800. The number of aliphatic hydroxyl groups is 1. The van der Waals surface area contributed by atoms with E-state index in [1.165, 1.54) is 58.2 Å². The fourth-order valence-corrected chi connectivity index (χ4v) is 14.5. The largest absolute Gasteiger partial charge is 0.462 e. The number of nitrogens with zero attached hydrogens (tertiary/aromatic N) is 10. The lowest BCUT2D eigenvalue weighted by Crippen LogP contribution is -2.36. The number of rotatable bonds is 16. The van der Waals surface area contributed by atoms with Gasteiger partial charge in [0.15, 0.2) is 0 Å². The van der Waals surface area contributed by atoms with Gasteiger partial charge in [0, 0.05) is 82.1 Å². The lowest BCUT2D eigenvalue weighted by Gasteiger charge is -2.29. The molecule has 5 aromatic heterocycles. The van der Waals surface area contributed by atoms with Crippen LogP contribution in [0.5, 0.6) is 0 Å². The molecule has 0 atom stereocenters. The van der Waals surface area contributed by atoms with Gasteiger partial charge in [-0.05, 0) is 183 Å². The van der Waals surface area contributed by atoms with E-state index in [4.69, 9.17) is 38.7 Å². The van der Waals surface area contributed by atoms with Crippen molar-refractivity contribution in [2.75, 3.05) is 116 Å². The second-order valence-electron chi connectivity index (χ2n) is 27.5. The molecule has 656 valence electrons. The molecule has 3 aliphatic heterocycles. The number of nitrogens with one attached hydrogen (secondary N) is 4. The molecule has 3 fully saturated rings. The molecule has 14 aromatic rings. The van der Waals surface area contributed by atoms with Crippen LogP contribution in [-0.2, 0) is 53.4 Å². The summed E-state index contributed by atoms with van der Waals surface area (Å²) >= 11 is 13.5. The van der Waals surface area contributed by atoms with Crippen molar-refractivity contribution in [2.24, 2.45) is 0 Å². The fraction of sp³-hybridized carbons (Fsp3) is 0.253. The first-order chi connectivity index (χ1) is 61.2. The van der Waals surface area contributed by atoms with Crippen molar-refractivity contribution in [1.82, 2.24) is 59.4 Å². The van der Waals surface area contributed by atoms with E-state index in [1.807, 2.05) is 66.7 Å².